The number of carbonyl (C=O) groups is 3. The highest BCUT2D eigenvalue weighted by atomic mass is 16.6. The maximum absolute atomic E-state index is 13.5. The normalized spacial score (nSPS) is 12.9. The molecule has 9 nitrogen and oxygen atoms in total. The molecule has 0 amide bonds. The Labute approximate surface area is 340 Å². The van der Waals surface area contributed by atoms with Gasteiger partial charge in [0.15, 0.2) is 18.0 Å². The molecular weight excluding hydrogens is 733 g/mol. The molecule has 58 heavy (non-hydrogen) atoms. The van der Waals surface area contributed by atoms with Gasteiger partial charge in [0.25, 0.3) is 0 Å². The summed E-state index contributed by atoms with van der Waals surface area (Å²) >= 11 is 0. The zero-order valence-electron chi connectivity index (χ0n) is 33.6. The fourth-order valence-electron chi connectivity index (χ4n) is 6.14. The number of hydrogen-bond acceptors (Lipinski definition) is 8. The van der Waals surface area contributed by atoms with Crippen molar-refractivity contribution in [3.63, 3.8) is 0 Å². The summed E-state index contributed by atoms with van der Waals surface area (Å²) in [6.45, 7) is 10.9. The highest BCUT2D eigenvalue weighted by molar-refractivity contribution is 6.22. The van der Waals surface area contributed by atoms with Gasteiger partial charge < -0.3 is 28.8 Å². The number of aliphatic carboxylic acids is 1. The minimum atomic E-state index is -0.983. The molecule has 2 atom stereocenters. The van der Waals surface area contributed by atoms with E-state index in [2.05, 4.69) is 23.7 Å². The molecule has 4 aromatic carbocycles. The highest BCUT2D eigenvalue weighted by Gasteiger charge is 2.27. The Morgan fingerprint density at radius 2 is 1.07 bits per heavy atom. The van der Waals surface area contributed by atoms with E-state index in [1.807, 2.05) is 106 Å². The smallest absolute Gasteiger partial charge is 0.335 e. The summed E-state index contributed by atoms with van der Waals surface area (Å²) < 4.78 is 27.7. The van der Waals surface area contributed by atoms with Crippen molar-refractivity contribution in [1.82, 2.24) is 0 Å². The van der Waals surface area contributed by atoms with Crippen LogP contribution in [0.5, 0.6) is 11.5 Å². The second-order valence-corrected chi connectivity index (χ2v) is 13.4. The van der Waals surface area contributed by atoms with Crippen molar-refractivity contribution in [3.05, 3.63) is 142 Å². The van der Waals surface area contributed by atoms with E-state index < -0.39 is 18.2 Å². The van der Waals surface area contributed by atoms with Crippen LogP contribution >= 0.6 is 0 Å². The molecule has 0 radical (unpaired) electrons. The predicted molar refractivity (Wildman–Crippen MR) is 223 cm³/mol. The van der Waals surface area contributed by atoms with Crippen LogP contribution in [-0.4, -0.2) is 68.1 Å². The molecule has 4 aromatic rings. The van der Waals surface area contributed by atoms with Crippen LogP contribution in [0.4, 0.5) is 0 Å². The zero-order chi connectivity index (χ0) is 41.4. The Bertz CT molecular complexity index is 2280. The van der Waals surface area contributed by atoms with Crippen molar-refractivity contribution in [2.75, 3.05) is 33.0 Å². The van der Waals surface area contributed by atoms with Crippen molar-refractivity contribution in [1.29, 1.82) is 0 Å². The summed E-state index contributed by atoms with van der Waals surface area (Å²) in [6, 6.07) is 26.2. The average molecular weight is 781 g/mol. The van der Waals surface area contributed by atoms with Crippen LogP contribution in [0.3, 0.4) is 0 Å². The number of ether oxygens (including phenoxy) is 5. The van der Waals surface area contributed by atoms with E-state index in [0.717, 1.165) is 44.5 Å². The molecule has 1 aliphatic carbocycles. The SMILES string of the molecule is CCOC(=O)C(Cc1ccc(OC/C=C(\C)C#Cc2ccc3c(c2)C(=O)c2cc(C#C/C(C)=C/COc4ccc(CC(OCC)C(=O)O)cc4)ccc2-3)cc1)OCC. The number of esters is 1. The lowest BCUT2D eigenvalue weighted by atomic mass is 10.0. The molecular formula is C49H48O9. The molecule has 0 saturated heterocycles. The van der Waals surface area contributed by atoms with Crippen molar-refractivity contribution >= 4 is 17.7 Å². The fourth-order valence-corrected chi connectivity index (χ4v) is 6.14. The van der Waals surface area contributed by atoms with Crippen molar-refractivity contribution in [2.24, 2.45) is 0 Å². The van der Waals surface area contributed by atoms with Gasteiger partial charge in [0.1, 0.15) is 24.7 Å². The van der Waals surface area contributed by atoms with E-state index in [-0.39, 0.29) is 18.2 Å². The van der Waals surface area contributed by atoms with Gasteiger partial charge in [0, 0.05) is 48.3 Å². The largest absolute Gasteiger partial charge is 0.490 e. The van der Waals surface area contributed by atoms with Gasteiger partial charge >= 0.3 is 11.9 Å². The summed E-state index contributed by atoms with van der Waals surface area (Å²) in [4.78, 5) is 37.0. The number of carboxylic acids is 1. The van der Waals surface area contributed by atoms with Crippen LogP contribution < -0.4 is 9.47 Å². The van der Waals surface area contributed by atoms with Gasteiger partial charge in [-0.3, -0.25) is 4.79 Å². The van der Waals surface area contributed by atoms with Crippen molar-refractivity contribution in [3.8, 4) is 46.3 Å². The van der Waals surface area contributed by atoms with Crippen LogP contribution in [0.25, 0.3) is 11.1 Å². The van der Waals surface area contributed by atoms with Crippen LogP contribution in [-0.2, 0) is 36.6 Å². The second-order valence-electron chi connectivity index (χ2n) is 13.4. The molecule has 0 aromatic heterocycles. The Hall–Kier alpha value is -6.39. The van der Waals surface area contributed by atoms with Gasteiger partial charge in [0.2, 0.25) is 0 Å². The Balaban J connectivity index is 1.12. The molecule has 2 unspecified atom stereocenters. The third-order valence-electron chi connectivity index (χ3n) is 9.16. The van der Waals surface area contributed by atoms with Crippen molar-refractivity contribution in [2.45, 2.75) is 59.7 Å². The summed E-state index contributed by atoms with van der Waals surface area (Å²) in [5, 5.41) is 9.32. The first-order chi connectivity index (χ1) is 28.1. The number of rotatable bonds is 17. The highest BCUT2D eigenvalue weighted by Crippen LogP contribution is 2.37. The van der Waals surface area contributed by atoms with Crippen LogP contribution in [0.2, 0.25) is 0 Å². The third kappa shape index (κ3) is 12.1. The third-order valence-corrected chi connectivity index (χ3v) is 9.16. The minimum Gasteiger partial charge on any atom is -0.490 e. The Morgan fingerprint density at radius 3 is 1.50 bits per heavy atom. The molecule has 0 aliphatic heterocycles. The molecule has 0 spiro atoms. The number of benzene rings is 4. The van der Waals surface area contributed by atoms with E-state index in [1.165, 1.54) is 0 Å². The van der Waals surface area contributed by atoms with E-state index in [4.69, 9.17) is 23.7 Å². The van der Waals surface area contributed by atoms with E-state index in [0.29, 0.717) is 62.1 Å². The molecule has 0 saturated carbocycles. The summed E-state index contributed by atoms with van der Waals surface area (Å²) in [5.41, 5.74) is 7.91. The van der Waals surface area contributed by atoms with E-state index in [1.54, 1.807) is 26.0 Å². The number of hydrogen-bond donors (Lipinski definition) is 1. The summed E-state index contributed by atoms with van der Waals surface area (Å²) in [6.07, 6.45) is 2.96. The van der Waals surface area contributed by atoms with Crippen molar-refractivity contribution < 1.29 is 43.2 Å². The van der Waals surface area contributed by atoms with E-state index >= 15 is 0 Å². The molecule has 1 aliphatic rings. The Kier molecular flexibility index (Phi) is 15.6. The van der Waals surface area contributed by atoms with Gasteiger partial charge in [0.05, 0.1) is 6.61 Å². The zero-order valence-corrected chi connectivity index (χ0v) is 33.6. The first-order valence-electron chi connectivity index (χ1n) is 19.3. The first kappa shape index (κ1) is 42.7. The maximum Gasteiger partial charge on any atom is 0.335 e. The van der Waals surface area contributed by atoms with Gasteiger partial charge in [-0.15, -0.1) is 0 Å². The lowest BCUT2D eigenvalue weighted by Crippen LogP contribution is -2.28. The molecule has 298 valence electrons. The predicted octanol–water partition coefficient (Wildman–Crippen LogP) is 8.19. The second kappa shape index (κ2) is 21.2. The molecule has 9 heteroatoms. The van der Waals surface area contributed by atoms with Crippen LogP contribution in [0.15, 0.2) is 108 Å². The number of allylic oxidation sites excluding steroid dienone is 2. The molecule has 0 heterocycles. The lowest BCUT2D eigenvalue weighted by molar-refractivity contribution is -0.156. The fraction of sp³-hybridized carbons (Fsp3) is 0.286. The average Bonchev–Trinajstić information content (AvgIpc) is 3.50. The monoisotopic (exact) mass is 780 g/mol. The summed E-state index contributed by atoms with van der Waals surface area (Å²) in [5.74, 6) is 12.6. The quantitative estimate of drug-likeness (QED) is 0.0737. The van der Waals surface area contributed by atoms with Crippen LogP contribution in [0.1, 0.15) is 72.8 Å². The number of carbonyl (C=O) groups excluding carboxylic acids is 2. The van der Waals surface area contributed by atoms with E-state index in [9.17, 15) is 19.5 Å². The minimum absolute atomic E-state index is 0.0543. The summed E-state index contributed by atoms with van der Waals surface area (Å²) in [7, 11) is 0. The van der Waals surface area contributed by atoms with Gasteiger partial charge in [-0.25, -0.2) is 9.59 Å². The molecule has 5 rings (SSSR count). The topological polar surface area (TPSA) is 118 Å². The number of fused-ring (bicyclic) bond motifs is 3. The van der Waals surface area contributed by atoms with Gasteiger partial charge in [-0.1, -0.05) is 60.1 Å². The van der Waals surface area contributed by atoms with Gasteiger partial charge in [-0.05, 0) is 129 Å². The molecule has 1 N–H and O–H groups in total. The molecule has 0 fully saturated rings. The maximum atomic E-state index is 13.5. The Morgan fingerprint density at radius 1 is 0.621 bits per heavy atom. The first-order valence-corrected chi connectivity index (χ1v) is 19.3. The lowest BCUT2D eigenvalue weighted by Gasteiger charge is -2.15. The standard InChI is InChI=1S/C49H48O9/c1-6-54-45(48(51)52)31-37-13-19-39(20-14-37)57-27-25-33(4)9-11-35-17-23-41-42-24-18-36(30-44(42)47(50)43(41)29-35)12-10-34(5)26-28-58-40-21-15-38(16-22-40)32-46(55-7-2)49(53)56-8-3/h13-26,29-30,45-46H,6-8,27-28,31-32H2,1-5H3,(H,51,52)/b33-25+,34-26+. The van der Waals surface area contributed by atoms with Crippen LogP contribution in [0, 0.1) is 23.7 Å². The number of ketones is 1. The number of carboxylic acid groups (broad SMARTS) is 1. The molecule has 0 bridgehead atoms. The van der Waals surface area contributed by atoms with Gasteiger partial charge in [-0.2, -0.15) is 0 Å².